The van der Waals surface area contributed by atoms with Crippen molar-refractivity contribution in [2.75, 3.05) is 37.6 Å². The molecule has 1 aliphatic heterocycles. The smallest absolute Gasteiger partial charge is 0.338 e. The maximum Gasteiger partial charge on any atom is 0.401 e. The minimum Gasteiger partial charge on any atom is -0.338 e. The summed E-state index contributed by atoms with van der Waals surface area (Å²) in [7, 11) is 0. The normalized spacial score (nSPS) is 17.8. The van der Waals surface area contributed by atoms with Gasteiger partial charge in [0.05, 0.1) is 6.54 Å². The number of hydrogen-bond acceptors (Lipinski definition) is 4. The molecule has 19 heavy (non-hydrogen) atoms. The summed E-state index contributed by atoms with van der Waals surface area (Å²) < 4.78 is 36.8. The lowest BCUT2D eigenvalue weighted by molar-refractivity contribution is -0.146. The average molecular weight is 274 g/mol. The van der Waals surface area contributed by atoms with Crippen LogP contribution in [0.2, 0.25) is 0 Å². The maximum atomic E-state index is 12.3. The molecule has 1 fully saturated rings. The number of aromatic nitrogens is 2. The zero-order valence-corrected chi connectivity index (χ0v) is 10.8. The van der Waals surface area contributed by atoms with Gasteiger partial charge in [-0.1, -0.05) is 6.92 Å². The molecule has 0 spiro atoms. The molecule has 0 saturated carbocycles. The Morgan fingerprint density at radius 2 is 1.68 bits per heavy atom. The van der Waals surface area contributed by atoms with Crippen LogP contribution in [0.4, 0.5) is 19.1 Å². The average Bonchev–Trinajstić information content (AvgIpc) is 2.38. The molecule has 2 rings (SSSR count). The largest absolute Gasteiger partial charge is 0.401 e. The predicted octanol–water partition coefficient (Wildman–Crippen LogP) is 1.72. The van der Waals surface area contributed by atoms with Gasteiger partial charge in [-0.2, -0.15) is 13.2 Å². The van der Waals surface area contributed by atoms with E-state index in [1.807, 2.05) is 11.8 Å². The van der Waals surface area contributed by atoms with E-state index in [0.29, 0.717) is 32.1 Å². The summed E-state index contributed by atoms with van der Waals surface area (Å²) >= 11 is 0. The molecule has 0 amide bonds. The summed E-state index contributed by atoms with van der Waals surface area (Å²) in [6.07, 6.45) is 0.288. The number of halogens is 3. The van der Waals surface area contributed by atoms with Crippen LogP contribution in [0.25, 0.3) is 0 Å². The second kappa shape index (κ2) is 5.73. The van der Waals surface area contributed by atoms with E-state index >= 15 is 0 Å². The fourth-order valence-electron chi connectivity index (χ4n) is 2.05. The highest BCUT2D eigenvalue weighted by Gasteiger charge is 2.32. The Labute approximate surface area is 110 Å². The minimum absolute atomic E-state index is 0.387. The third-order valence-electron chi connectivity index (χ3n) is 3.16. The highest BCUT2D eigenvalue weighted by molar-refractivity contribution is 5.30. The number of rotatable bonds is 3. The van der Waals surface area contributed by atoms with E-state index < -0.39 is 12.7 Å². The van der Waals surface area contributed by atoms with E-state index in [1.165, 1.54) is 4.90 Å². The molecular weight excluding hydrogens is 257 g/mol. The lowest BCUT2D eigenvalue weighted by atomic mass is 10.3. The Kier molecular flexibility index (Phi) is 4.24. The molecule has 7 heteroatoms. The number of anilines is 1. The van der Waals surface area contributed by atoms with Crippen molar-refractivity contribution in [1.29, 1.82) is 0 Å². The fourth-order valence-corrected chi connectivity index (χ4v) is 2.05. The van der Waals surface area contributed by atoms with E-state index in [9.17, 15) is 13.2 Å². The number of alkyl halides is 3. The molecule has 106 valence electrons. The Morgan fingerprint density at radius 3 is 2.16 bits per heavy atom. The summed E-state index contributed by atoms with van der Waals surface area (Å²) in [6.45, 7) is 3.02. The molecule has 1 aliphatic rings. The summed E-state index contributed by atoms with van der Waals surface area (Å²) in [4.78, 5) is 11.8. The number of hydrogen-bond donors (Lipinski definition) is 0. The van der Waals surface area contributed by atoms with Gasteiger partial charge in [0, 0.05) is 38.6 Å². The summed E-state index contributed by atoms with van der Waals surface area (Å²) in [5, 5.41) is 0. The second-order valence-electron chi connectivity index (χ2n) is 4.62. The van der Waals surface area contributed by atoms with Crippen molar-refractivity contribution in [3.05, 3.63) is 18.0 Å². The third kappa shape index (κ3) is 4.05. The molecule has 0 radical (unpaired) electrons. The maximum absolute atomic E-state index is 12.3. The monoisotopic (exact) mass is 274 g/mol. The summed E-state index contributed by atoms with van der Waals surface area (Å²) in [6, 6.07) is 0. The van der Waals surface area contributed by atoms with Gasteiger partial charge in [0.2, 0.25) is 5.95 Å². The van der Waals surface area contributed by atoms with Gasteiger partial charge in [-0.05, 0) is 12.0 Å². The first kappa shape index (κ1) is 14.0. The first-order valence-electron chi connectivity index (χ1n) is 6.33. The Morgan fingerprint density at radius 1 is 1.11 bits per heavy atom. The molecule has 0 unspecified atom stereocenters. The molecule has 2 heterocycles. The minimum atomic E-state index is -4.12. The van der Waals surface area contributed by atoms with Gasteiger partial charge in [0.15, 0.2) is 0 Å². The van der Waals surface area contributed by atoms with Crippen molar-refractivity contribution >= 4 is 5.95 Å². The van der Waals surface area contributed by atoms with Crippen LogP contribution in [-0.2, 0) is 6.42 Å². The number of piperazine rings is 1. The quantitative estimate of drug-likeness (QED) is 0.840. The molecule has 1 saturated heterocycles. The zero-order chi connectivity index (χ0) is 13.9. The van der Waals surface area contributed by atoms with Crippen LogP contribution in [0.1, 0.15) is 12.5 Å². The highest BCUT2D eigenvalue weighted by atomic mass is 19.4. The van der Waals surface area contributed by atoms with Crippen molar-refractivity contribution in [3.8, 4) is 0 Å². The van der Waals surface area contributed by atoms with Gasteiger partial charge in [0.25, 0.3) is 0 Å². The third-order valence-corrected chi connectivity index (χ3v) is 3.16. The molecule has 4 nitrogen and oxygen atoms in total. The number of nitrogens with zero attached hydrogens (tertiary/aromatic N) is 4. The Balaban J connectivity index is 1.88. The molecule has 0 aliphatic carbocycles. The van der Waals surface area contributed by atoms with Gasteiger partial charge < -0.3 is 4.90 Å². The molecular formula is C12H17F3N4. The van der Waals surface area contributed by atoms with Crippen LogP contribution in [0.5, 0.6) is 0 Å². The van der Waals surface area contributed by atoms with Gasteiger partial charge in [-0.25, -0.2) is 9.97 Å². The van der Waals surface area contributed by atoms with Crippen LogP contribution >= 0.6 is 0 Å². The van der Waals surface area contributed by atoms with Gasteiger partial charge in [-0.15, -0.1) is 0 Å². The Hall–Kier alpha value is -1.37. The van der Waals surface area contributed by atoms with Crippen molar-refractivity contribution < 1.29 is 13.2 Å². The standard InChI is InChI=1S/C12H17F3N4/c1-2-10-7-16-11(17-8-10)19-5-3-18(4-6-19)9-12(13,14)15/h7-8H,2-6,9H2,1H3. The van der Waals surface area contributed by atoms with Gasteiger partial charge in [0.1, 0.15) is 0 Å². The fraction of sp³-hybridized carbons (Fsp3) is 0.667. The van der Waals surface area contributed by atoms with E-state index in [0.717, 1.165) is 12.0 Å². The molecule has 0 atom stereocenters. The van der Waals surface area contributed by atoms with Crippen LogP contribution < -0.4 is 4.90 Å². The molecule has 0 N–H and O–H groups in total. The summed E-state index contributed by atoms with van der Waals surface area (Å²) in [5.41, 5.74) is 1.06. The van der Waals surface area contributed by atoms with Crippen molar-refractivity contribution in [2.45, 2.75) is 19.5 Å². The molecule has 1 aromatic heterocycles. The van der Waals surface area contributed by atoms with Crippen molar-refractivity contribution in [3.63, 3.8) is 0 Å². The highest BCUT2D eigenvalue weighted by Crippen LogP contribution is 2.18. The predicted molar refractivity (Wildman–Crippen MR) is 66.1 cm³/mol. The molecule has 1 aromatic rings. The van der Waals surface area contributed by atoms with E-state index in [2.05, 4.69) is 9.97 Å². The second-order valence-corrected chi connectivity index (χ2v) is 4.62. The first-order chi connectivity index (χ1) is 8.98. The van der Waals surface area contributed by atoms with Crippen molar-refractivity contribution in [1.82, 2.24) is 14.9 Å². The van der Waals surface area contributed by atoms with Crippen molar-refractivity contribution in [2.24, 2.45) is 0 Å². The van der Waals surface area contributed by atoms with E-state index in [-0.39, 0.29) is 0 Å². The van der Waals surface area contributed by atoms with E-state index in [1.54, 1.807) is 12.4 Å². The van der Waals surface area contributed by atoms with Crippen LogP contribution in [-0.4, -0.2) is 53.8 Å². The SMILES string of the molecule is CCc1cnc(N2CCN(CC(F)(F)F)CC2)nc1. The van der Waals surface area contributed by atoms with Gasteiger partial charge in [-0.3, -0.25) is 4.90 Å². The van der Waals surface area contributed by atoms with Crippen LogP contribution in [0.3, 0.4) is 0 Å². The molecule has 0 bridgehead atoms. The molecule has 0 aromatic carbocycles. The zero-order valence-electron chi connectivity index (χ0n) is 10.8. The van der Waals surface area contributed by atoms with E-state index in [4.69, 9.17) is 0 Å². The summed E-state index contributed by atoms with van der Waals surface area (Å²) in [5.74, 6) is 0.601. The Bertz CT molecular complexity index is 396. The van der Waals surface area contributed by atoms with Crippen LogP contribution in [0, 0.1) is 0 Å². The van der Waals surface area contributed by atoms with Gasteiger partial charge >= 0.3 is 6.18 Å². The lowest BCUT2D eigenvalue weighted by Gasteiger charge is -2.34. The number of aryl methyl sites for hydroxylation is 1. The lowest BCUT2D eigenvalue weighted by Crippen LogP contribution is -2.49. The van der Waals surface area contributed by atoms with Crippen LogP contribution in [0.15, 0.2) is 12.4 Å². The first-order valence-corrected chi connectivity index (χ1v) is 6.33. The topological polar surface area (TPSA) is 32.3 Å².